The van der Waals surface area contributed by atoms with Gasteiger partial charge in [0.15, 0.2) is 11.6 Å². The number of amides is 1. The van der Waals surface area contributed by atoms with E-state index in [1.807, 2.05) is 12.3 Å². The van der Waals surface area contributed by atoms with Crippen molar-refractivity contribution in [1.29, 1.82) is 0 Å². The number of hydrazine groups is 1. The molecule has 6 heteroatoms. The third-order valence-electron chi connectivity index (χ3n) is 3.02. The first-order valence-electron chi connectivity index (χ1n) is 5.85. The summed E-state index contributed by atoms with van der Waals surface area (Å²) in [6.07, 6.45) is 1.90. The maximum absolute atomic E-state index is 13.5. The average molecular weight is 255 g/mol. The number of anilines is 1. The fourth-order valence-electron chi connectivity index (χ4n) is 1.95. The number of benzene rings is 1. The minimum Gasteiger partial charge on any atom is -0.336 e. The van der Waals surface area contributed by atoms with Crippen LogP contribution in [-0.4, -0.2) is 23.4 Å². The number of hydrogen-bond acceptors (Lipinski definition) is 3. The van der Waals surface area contributed by atoms with Gasteiger partial charge in [0.1, 0.15) is 5.69 Å². The normalized spacial score (nSPS) is 14.4. The van der Waals surface area contributed by atoms with Gasteiger partial charge in [0.2, 0.25) is 0 Å². The lowest BCUT2D eigenvalue weighted by atomic mass is 10.1. The number of nitrogen functional groups attached to an aromatic ring is 1. The molecule has 1 aromatic rings. The molecule has 1 aliphatic carbocycles. The van der Waals surface area contributed by atoms with E-state index in [4.69, 9.17) is 5.84 Å². The molecule has 1 amide bonds. The molecule has 0 unspecified atom stereocenters. The van der Waals surface area contributed by atoms with Gasteiger partial charge in [-0.15, -0.1) is 0 Å². The van der Waals surface area contributed by atoms with Crippen LogP contribution < -0.4 is 11.3 Å². The Morgan fingerprint density at radius 1 is 1.44 bits per heavy atom. The predicted molar refractivity (Wildman–Crippen MR) is 63.9 cm³/mol. The lowest BCUT2D eigenvalue weighted by molar-refractivity contribution is 0.0751. The maximum Gasteiger partial charge on any atom is 0.254 e. The number of carbonyl (C=O) groups is 1. The van der Waals surface area contributed by atoms with Gasteiger partial charge in [0, 0.05) is 18.2 Å². The van der Waals surface area contributed by atoms with Gasteiger partial charge in [-0.2, -0.15) is 0 Å². The van der Waals surface area contributed by atoms with E-state index in [0.29, 0.717) is 6.54 Å². The summed E-state index contributed by atoms with van der Waals surface area (Å²) in [5.41, 5.74) is 1.52. The third kappa shape index (κ3) is 2.28. The minimum absolute atomic E-state index is 0.0118. The van der Waals surface area contributed by atoms with Crippen molar-refractivity contribution in [2.24, 2.45) is 5.84 Å². The van der Waals surface area contributed by atoms with Crippen LogP contribution in [0.2, 0.25) is 0 Å². The van der Waals surface area contributed by atoms with Crippen molar-refractivity contribution < 1.29 is 13.6 Å². The molecule has 1 saturated carbocycles. The molecule has 1 aromatic carbocycles. The largest absolute Gasteiger partial charge is 0.336 e. The molecule has 4 nitrogen and oxygen atoms in total. The van der Waals surface area contributed by atoms with Crippen LogP contribution in [0.4, 0.5) is 14.5 Å². The van der Waals surface area contributed by atoms with E-state index >= 15 is 0 Å². The van der Waals surface area contributed by atoms with Gasteiger partial charge in [0.05, 0.1) is 0 Å². The Morgan fingerprint density at radius 3 is 2.39 bits per heavy atom. The summed E-state index contributed by atoms with van der Waals surface area (Å²) in [6.45, 7) is 2.38. The molecule has 0 aromatic heterocycles. The van der Waals surface area contributed by atoms with E-state index < -0.39 is 17.3 Å². The fourth-order valence-corrected chi connectivity index (χ4v) is 1.95. The predicted octanol–water partition coefficient (Wildman–Crippen LogP) is 1.87. The highest BCUT2D eigenvalue weighted by Gasteiger charge is 2.32. The SMILES string of the molecule is CCN(C(=O)c1cc(F)c(NN)c(F)c1)C1CC1. The van der Waals surface area contributed by atoms with Gasteiger partial charge < -0.3 is 10.3 Å². The van der Waals surface area contributed by atoms with E-state index in [2.05, 4.69) is 0 Å². The van der Waals surface area contributed by atoms with Crippen molar-refractivity contribution in [2.75, 3.05) is 12.0 Å². The van der Waals surface area contributed by atoms with Crippen LogP contribution >= 0.6 is 0 Å². The van der Waals surface area contributed by atoms with Crippen molar-refractivity contribution in [3.8, 4) is 0 Å². The number of halogens is 2. The summed E-state index contributed by atoms with van der Waals surface area (Å²) < 4.78 is 27.0. The Morgan fingerprint density at radius 2 is 2.00 bits per heavy atom. The highest BCUT2D eigenvalue weighted by molar-refractivity contribution is 5.95. The van der Waals surface area contributed by atoms with Crippen LogP contribution in [0.3, 0.4) is 0 Å². The second-order valence-corrected chi connectivity index (χ2v) is 4.28. The lowest BCUT2D eigenvalue weighted by Gasteiger charge is -2.20. The highest BCUT2D eigenvalue weighted by atomic mass is 19.1. The van der Waals surface area contributed by atoms with Crippen LogP contribution in [0.15, 0.2) is 12.1 Å². The van der Waals surface area contributed by atoms with E-state index in [0.717, 1.165) is 25.0 Å². The molecule has 2 rings (SSSR count). The fraction of sp³-hybridized carbons (Fsp3) is 0.417. The Balaban J connectivity index is 2.30. The lowest BCUT2D eigenvalue weighted by Crippen LogP contribution is -2.33. The molecule has 0 aliphatic heterocycles. The Bertz CT molecular complexity index is 451. The standard InChI is InChI=1S/C12H15F2N3O/c1-2-17(8-3-4-8)12(18)7-5-9(13)11(16-15)10(14)6-7/h5-6,8,16H,2-4,15H2,1H3. The number of nitrogens with zero attached hydrogens (tertiary/aromatic N) is 1. The van der Waals surface area contributed by atoms with Gasteiger partial charge >= 0.3 is 0 Å². The van der Waals surface area contributed by atoms with Crippen LogP contribution in [0.1, 0.15) is 30.1 Å². The summed E-state index contributed by atoms with van der Waals surface area (Å²) in [5, 5.41) is 0. The molecule has 1 fully saturated rings. The first kappa shape index (κ1) is 12.8. The number of nitrogens with two attached hydrogens (primary N) is 1. The molecule has 0 radical (unpaired) electrons. The molecule has 0 heterocycles. The van der Waals surface area contributed by atoms with E-state index in [1.165, 1.54) is 0 Å². The van der Waals surface area contributed by atoms with Crippen molar-refractivity contribution in [1.82, 2.24) is 4.90 Å². The smallest absolute Gasteiger partial charge is 0.254 e. The second kappa shape index (κ2) is 4.89. The molecular weight excluding hydrogens is 240 g/mol. The molecule has 3 N–H and O–H groups in total. The summed E-state index contributed by atoms with van der Waals surface area (Å²) in [7, 11) is 0. The van der Waals surface area contributed by atoms with E-state index in [-0.39, 0.29) is 17.5 Å². The number of carbonyl (C=O) groups excluding carboxylic acids is 1. The van der Waals surface area contributed by atoms with Gasteiger partial charge in [-0.1, -0.05) is 0 Å². The molecule has 1 aliphatic rings. The Labute approximate surface area is 104 Å². The topological polar surface area (TPSA) is 58.4 Å². The van der Waals surface area contributed by atoms with Gasteiger partial charge in [0.25, 0.3) is 5.91 Å². The molecule has 0 spiro atoms. The monoisotopic (exact) mass is 255 g/mol. The number of hydrogen-bond donors (Lipinski definition) is 2. The van der Waals surface area contributed by atoms with Gasteiger partial charge in [-0.25, -0.2) is 8.78 Å². The van der Waals surface area contributed by atoms with Crippen molar-refractivity contribution >= 4 is 11.6 Å². The maximum atomic E-state index is 13.5. The van der Waals surface area contributed by atoms with Crippen molar-refractivity contribution in [3.05, 3.63) is 29.3 Å². The second-order valence-electron chi connectivity index (χ2n) is 4.28. The summed E-state index contributed by atoms with van der Waals surface area (Å²) >= 11 is 0. The zero-order chi connectivity index (χ0) is 13.3. The molecule has 18 heavy (non-hydrogen) atoms. The number of nitrogens with one attached hydrogen (secondary N) is 1. The van der Waals surface area contributed by atoms with Gasteiger partial charge in [-0.3, -0.25) is 10.6 Å². The van der Waals surface area contributed by atoms with Crippen molar-refractivity contribution in [2.45, 2.75) is 25.8 Å². The van der Waals surface area contributed by atoms with Gasteiger partial charge in [-0.05, 0) is 31.9 Å². The van der Waals surface area contributed by atoms with Crippen molar-refractivity contribution in [3.63, 3.8) is 0 Å². The first-order chi connectivity index (χ1) is 8.58. The van der Waals surface area contributed by atoms with Crippen LogP contribution in [0, 0.1) is 11.6 Å². The average Bonchev–Trinajstić information content (AvgIpc) is 3.14. The Hall–Kier alpha value is -1.69. The quantitative estimate of drug-likeness (QED) is 0.638. The zero-order valence-electron chi connectivity index (χ0n) is 10.0. The zero-order valence-corrected chi connectivity index (χ0v) is 10.0. The molecular formula is C12H15F2N3O. The minimum atomic E-state index is -0.868. The first-order valence-corrected chi connectivity index (χ1v) is 5.85. The van der Waals surface area contributed by atoms with Crippen LogP contribution in [0.5, 0.6) is 0 Å². The highest BCUT2D eigenvalue weighted by Crippen LogP contribution is 2.29. The van der Waals surface area contributed by atoms with Crippen LogP contribution in [0.25, 0.3) is 0 Å². The summed E-state index contributed by atoms with van der Waals surface area (Å²) in [5.74, 6) is 2.91. The molecule has 98 valence electrons. The Kier molecular flexibility index (Phi) is 3.47. The molecule has 0 saturated heterocycles. The number of rotatable bonds is 4. The van der Waals surface area contributed by atoms with Crippen LogP contribution in [-0.2, 0) is 0 Å². The van der Waals surface area contributed by atoms with E-state index in [1.54, 1.807) is 4.90 Å². The molecule has 0 bridgehead atoms. The molecule has 0 atom stereocenters. The summed E-state index contributed by atoms with van der Waals surface area (Å²) in [4.78, 5) is 13.7. The van der Waals surface area contributed by atoms with E-state index in [9.17, 15) is 13.6 Å². The summed E-state index contributed by atoms with van der Waals surface area (Å²) in [6, 6.07) is 2.22. The third-order valence-corrected chi connectivity index (χ3v) is 3.02.